The largest absolute Gasteiger partial charge is 0.491 e. The van der Waals surface area contributed by atoms with E-state index in [2.05, 4.69) is 102 Å². The molecule has 0 radical (unpaired) electrons. The summed E-state index contributed by atoms with van der Waals surface area (Å²) in [5, 5.41) is 5.20. The van der Waals surface area contributed by atoms with Gasteiger partial charge in [0.1, 0.15) is 5.75 Å². The van der Waals surface area contributed by atoms with Crippen molar-refractivity contribution in [2.24, 2.45) is 0 Å². The van der Waals surface area contributed by atoms with Gasteiger partial charge in [0.05, 0.1) is 34.0 Å². The van der Waals surface area contributed by atoms with Crippen molar-refractivity contribution in [1.82, 2.24) is 19.1 Å². The Balaban J connectivity index is 1.19. The molecule has 0 aliphatic rings. The molecule has 0 atom stereocenters. The van der Waals surface area contributed by atoms with Gasteiger partial charge in [0, 0.05) is 58.6 Å². The third-order valence-electron chi connectivity index (χ3n) is 7.92. The van der Waals surface area contributed by atoms with Gasteiger partial charge in [-0.2, -0.15) is 0 Å². The number of aryl methyl sites for hydroxylation is 5. The molecule has 39 heavy (non-hydrogen) atoms. The monoisotopic (exact) mass is 518 g/mol. The summed E-state index contributed by atoms with van der Waals surface area (Å²) in [5.41, 5.74) is 8.59. The summed E-state index contributed by atoms with van der Waals surface area (Å²) in [7, 11) is 0. The molecule has 6 aromatic rings. The minimum Gasteiger partial charge on any atom is -0.491 e. The van der Waals surface area contributed by atoms with Gasteiger partial charge in [0.2, 0.25) is 0 Å². The molecule has 0 amide bonds. The summed E-state index contributed by atoms with van der Waals surface area (Å²) < 4.78 is 11.0. The minimum atomic E-state index is 0.154. The highest BCUT2D eigenvalue weighted by atomic mass is 16.5. The molecule has 2 aromatic carbocycles. The SMILES string of the molecule is Cc1ccc2c3ccnc(C)c3n(CCCCCCn3c4cc(OC(C)C)ccc4c4ccnc(C)c43)c2c1. The highest BCUT2D eigenvalue weighted by Gasteiger charge is 2.15. The number of ether oxygens (including phenoxy) is 1. The maximum Gasteiger partial charge on any atom is 0.121 e. The van der Waals surface area contributed by atoms with Crippen molar-refractivity contribution in [2.45, 2.75) is 79.5 Å². The zero-order chi connectivity index (χ0) is 27.1. The third kappa shape index (κ3) is 4.64. The Bertz CT molecular complexity index is 1810. The number of fused-ring (bicyclic) bond motifs is 6. The maximum atomic E-state index is 6.04. The van der Waals surface area contributed by atoms with E-state index >= 15 is 0 Å². The predicted molar refractivity (Wildman–Crippen MR) is 163 cm³/mol. The van der Waals surface area contributed by atoms with Gasteiger partial charge in [0.25, 0.3) is 0 Å². The van der Waals surface area contributed by atoms with Crippen LogP contribution in [0.1, 0.15) is 56.5 Å². The van der Waals surface area contributed by atoms with E-state index < -0.39 is 0 Å². The molecule has 0 N–H and O–H groups in total. The highest BCUT2D eigenvalue weighted by Crippen LogP contribution is 2.34. The van der Waals surface area contributed by atoms with Crippen LogP contribution < -0.4 is 4.74 Å². The van der Waals surface area contributed by atoms with Crippen LogP contribution in [0.15, 0.2) is 60.9 Å². The number of nitrogens with zero attached hydrogens (tertiary/aromatic N) is 4. The first-order chi connectivity index (χ1) is 18.9. The molecule has 4 aromatic heterocycles. The Morgan fingerprint density at radius 3 is 1.74 bits per heavy atom. The summed E-state index contributed by atoms with van der Waals surface area (Å²) in [6, 6.07) is 17.6. The van der Waals surface area contributed by atoms with E-state index in [1.807, 2.05) is 12.4 Å². The van der Waals surface area contributed by atoms with Gasteiger partial charge < -0.3 is 13.9 Å². The first-order valence-electron chi connectivity index (χ1n) is 14.3. The van der Waals surface area contributed by atoms with Gasteiger partial charge in [-0.15, -0.1) is 0 Å². The molecule has 200 valence electrons. The van der Waals surface area contributed by atoms with Crippen molar-refractivity contribution in [3.63, 3.8) is 0 Å². The predicted octanol–water partition coefficient (Wildman–Crippen LogP) is 8.67. The van der Waals surface area contributed by atoms with Crippen LogP contribution in [-0.2, 0) is 13.1 Å². The van der Waals surface area contributed by atoms with Gasteiger partial charge in [0.15, 0.2) is 0 Å². The van der Waals surface area contributed by atoms with Crippen molar-refractivity contribution in [3.8, 4) is 5.75 Å². The van der Waals surface area contributed by atoms with Gasteiger partial charge in [-0.25, -0.2) is 0 Å². The van der Waals surface area contributed by atoms with Gasteiger partial charge in [-0.05, 0) is 83.4 Å². The minimum absolute atomic E-state index is 0.154. The molecule has 0 spiro atoms. The first-order valence-corrected chi connectivity index (χ1v) is 14.3. The van der Waals surface area contributed by atoms with Crippen LogP contribution >= 0.6 is 0 Å². The van der Waals surface area contributed by atoms with Crippen molar-refractivity contribution >= 4 is 43.6 Å². The topological polar surface area (TPSA) is 44.9 Å². The fraction of sp³-hybridized carbons (Fsp3) is 0.353. The average Bonchev–Trinajstić information content (AvgIpc) is 3.39. The molecule has 0 aliphatic carbocycles. The lowest BCUT2D eigenvalue weighted by atomic mass is 10.1. The van der Waals surface area contributed by atoms with Crippen molar-refractivity contribution in [3.05, 3.63) is 77.9 Å². The number of unbranched alkanes of at least 4 members (excludes halogenated alkanes) is 3. The Morgan fingerprint density at radius 2 is 1.18 bits per heavy atom. The number of rotatable bonds is 9. The second-order valence-corrected chi connectivity index (χ2v) is 11.2. The van der Waals surface area contributed by atoms with Gasteiger partial charge in [-0.3, -0.25) is 9.97 Å². The molecule has 0 bridgehead atoms. The van der Waals surface area contributed by atoms with Crippen LogP contribution in [0.5, 0.6) is 5.75 Å². The van der Waals surface area contributed by atoms with E-state index in [0.717, 1.165) is 43.1 Å². The summed E-state index contributed by atoms with van der Waals surface area (Å²) >= 11 is 0. The van der Waals surface area contributed by atoms with E-state index in [1.54, 1.807) is 0 Å². The van der Waals surface area contributed by atoms with Crippen molar-refractivity contribution < 1.29 is 4.74 Å². The molecule has 0 aliphatic heterocycles. The number of aromatic nitrogens is 4. The lowest BCUT2D eigenvalue weighted by Gasteiger charge is -2.12. The molecule has 6 rings (SSSR count). The molecular weight excluding hydrogens is 480 g/mol. The fourth-order valence-electron chi connectivity index (χ4n) is 6.23. The van der Waals surface area contributed by atoms with E-state index in [-0.39, 0.29) is 6.10 Å². The number of benzene rings is 2. The quantitative estimate of drug-likeness (QED) is 0.180. The van der Waals surface area contributed by atoms with E-state index in [4.69, 9.17) is 4.74 Å². The number of hydrogen-bond acceptors (Lipinski definition) is 3. The normalized spacial score (nSPS) is 12.1. The van der Waals surface area contributed by atoms with Crippen LogP contribution in [0.2, 0.25) is 0 Å². The summed E-state index contributed by atoms with van der Waals surface area (Å²) in [5.74, 6) is 0.929. The number of pyridine rings is 2. The lowest BCUT2D eigenvalue weighted by molar-refractivity contribution is 0.242. The molecular formula is C34H38N4O. The van der Waals surface area contributed by atoms with E-state index in [9.17, 15) is 0 Å². The number of hydrogen-bond donors (Lipinski definition) is 0. The standard InChI is InChI=1S/C34H38N4O/c1-22(2)39-26-11-13-28-30-15-17-36-25(5)34(30)38(32(28)21-26)19-9-7-6-8-18-37-31-20-23(3)10-12-27(31)29-14-16-35-24(4)33(29)37/h10-17,20-22H,6-9,18-19H2,1-5H3. The van der Waals surface area contributed by atoms with Crippen LogP contribution in [-0.4, -0.2) is 25.2 Å². The second-order valence-electron chi connectivity index (χ2n) is 11.2. The second kappa shape index (κ2) is 10.4. The van der Waals surface area contributed by atoms with Crippen LogP contribution in [0.3, 0.4) is 0 Å². The van der Waals surface area contributed by atoms with Gasteiger partial charge >= 0.3 is 0 Å². The molecule has 4 heterocycles. The Hall–Kier alpha value is -3.86. The smallest absolute Gasteiger partial charge is 0.121 e. The first kappa shape index (κ1) is 25.4. The molecule has 5 nitrogen and oxygen atoms in total. The van der Waals surface area contributed by atoms with E-state index in [0.29, 0.717) is 0 Å². The Kier molecular flexibility index (Phi) is 6.76. The van der Waals surface area contributed by atoms with Crippen LogP contribution in [0.4, 0.5) is 0 Å². The fourth-order valence-corrected chi connectivity index (χ4v) is 6.23. The zero-order valence-corrected chi connectivity index (χ0v) is 23.8. The Labute approximate surface area is 230 Å². The molecule has 5 heteroatoms. The maximum absolute atomic E-state index is 6.04. The highest BCUT2D eigenvalue weighted by molar-refractivity contribution is 6.09. The zero-order valence-electron chi connectivity index (χ0n) is 23.8. The van der Waals surface area contributed by atoms with Crippen LogP contribution in [0, 0.1) is 20.8 Å². The molecule has 0 unspecified atom stereocenters. The Morgan fingerprint density at radius 1 is 0.641 bits per heavy atom. The van der Waals surface area contributed by atoms with Crippen LogP contribution in [0.25, 0.3) is 43.6 Å². The van der Waals surface area contributed by atoms with E-state index in [1.165, 1.54) is 62.0 Å². The molecule has 0 saturated carbocycles. The summed E-state index contributed by atoms with van der Waals surface area (Å²) in [6.45, 7) is 12.6. The van der Waals surface area contributed by atoms with Crippen molar-refractivity contribution in [2.75, 3.05) is 0 Å². The third-order valence-corrected chi connectivity index (χ3v) is 7.92. The summed E-state index contributed by atoms with van der Waals surface area (Å²) in [4.78, 5) is 9.24. The molecule has 0 fully saturated rings. The lowest BCUT2D eigenvalue weighted by Crippen LogP contribution is -2.05. The summed E-state index contributed by atoms with van der Waals surface area (Å²) in [6.07, 6.45) is 8.69. The average molecular weight is 519 g/mol. The molecule has 0 saturated heterocycles. The van der Waals surface area contributed by atoms with Gasteiger partial charge in [-0.1, -0.05) is 25.0 Å². The van der Waals surface area contributed by atoms with Crippen molar-refractivity contribution in [1.29, 1.82) is 0 Å².